The molecule has 23 heavy (non-hydrogen) atoms. The van der Waals surface area contributed by atoms with Gasteiger partial charge < -0.3 is 0 Å². The Morgan fingerprint density at radius 1 is 0.913 bits per heavy atom. The highest BCUT2D eigenvalue weighted by Gasteiger charge is 2.21. The Labute approximate surface area is 141 Å². The number of rotatable bonds is 4. The molecule has 0 amide bonds. The van der Waals surface area contributed by atoms with Crippen molar-refractivity contribution in [3.05, 3.63) is 77.3 Å². The van der Waals surface area contributed by atoms with Gasteiger partial charge in [-0.1, -0.05) is 60.1 Å². The molecular formula is C18H16ClNO2S. The predicted octanol–water partition coefficient (Wildman–Crippen LogP) is 4.31. The van der Waals surface area contributed by atoms with Crippen molar-refractivity contribution in [2.75, 3.05) is 7.05 Å². The van der Waals surface area contributed by atoms with Gasteiger partial charge in [-0.25, -0.2) is 8.42 Å². The molecule has 0 radical (unpaired) electrons. The number of sulfonamides is 1. The first-order chi connectivity index (χ1) is 11.0. The highest BCUT2D eigenvalue weighted by atomic mass is 35.5. The Morgan fingerprint density at radius 3 is 2.30 bits per heavy atom. The van der Waals surface area contributed by atoms with Crippen molar-refractivity contribution < 1.29 is 8.42 Å². The Morgan fingerprint density at radius 2 is 1.57 bits per heavy atom. The van der Waals surface area contributed by atoms with E-state index in [-0.39, 0.29) is 11.4 Å². The molecule has 0 atom stereocenters. The minimum absolute atomic E-state index is 0.231. The fourth-order valence-electron chi connectivity index (χ4n) is 2.46. The summed E-state index contributed by atoms with van der Waals surface area (Å²) in [7, 11) is -2.01. The average Bonchev–Trinajstić information content (AvgIpc) is 2.56. The first-order valence-electron chi connectivity index (χ1n) is 7.17. The molecule has 0 aliphatic rings. The standard InChI is InChI=1S/C18H16ClNO2S/c1-20(13-16-8-4-5-9-18(16)19)23(21,22)17-11-10-14-6-2-3-7-15(14)12-17/h2-12H,13H2,1H3. The first kappa shape index (κ1) is 16.0. The maximum atomic E-state index is 12.8. The van der Waals surface area contributed by atoms with Gasteiger partial charge in [0.05, 0.1) is 4.90 Å². The number of hydrogen-bond donors (Lipinski definition) is 0. The van der Waals surface area contributed by atoms with E-state index in [1.807, 2.05) is 48.5 Å². The van der Waals surface area contributed by atoms with Crippen LogP contribution in [0.15, 0.2) is 71.6 Å². The van der Waals surface area contributed by atoms with Gasteiger partial charge in [-0.2, -0.15) is 4.31 Å². The van der Waals surface area contributed by atoms with Crippen LogP contribution in [0, 0.1) is 0 Å². The quantitative estimate of drug-likeness (QED) is 0.706. The molecule has 0 aliphatic carbocycles. The van der Waals surface area contributed by atoms with Gasteiger partial charge in [0, 0.05) is 18.6 Å². The third-order valence-corrected chi connectivity index (χ3v) is 5.95. The van der Waals surface area contributed by atoms with Crippen LogP contribution in [-0.2, 0) is 16.6 Å². The maximum Gasteiger partial charge on any atom is 0.243 e. The summed E-state index contributed by atoms with van der Waals surface area (Å²) in [6.45, 7) is 0.231. The molecule has 0 unspecified atom stereocenters. The molecule has 3 rings (SSSR count). The van der Waals surface area contributed by atoms with Crippen molar-refractivity contribution in [1.82, 2.24) is 4.31 Å². The van der Waals surface area contributed by atoms with Crippen LogP contribution in [0.4, 0.5) is 0 Å². The zero-order chi connectivity index (χ0) is 16.4. The summed E-state index contributed by atoms with van der Waals surface area (Å²) in [5.41, 5.74) is 0.779. The van der Waals surface area contributed by atoms with Crippen LogP contribution >= 0.6 is 11.6 Å². The number of hydrogen-bond acceptors (Lipinski definition) is 2. The van der Waals surface area contributed by atoms with E-state index in [2.05, 4.69) is 0 Å². The van der Waals surface area contributed by atoms with Gasteiger partial charge in [0.1, 0.15) is 0 Å². The number of halogens is 1. The van der Waals surface area contributed by atoms with Gasteiger partial charge in [0.2, 0.25) is 10.0 Å². The molecule has 5 heteroatoms. The van der Waals surface area contributed by atoms with Crippen LogP contribution in [-0.4, -0.2) is 19.8 Å². The van der Waals surface area contributed by atoms with Crippen LogP contribution in [0.1, 0.15) is 5.56 Å². The average molecular weight is 346 g/mol. The lowest BCUT2D eigenvalue weighted by Gasteiger charge is -2.18. The molecule has 0 saturated carbocycles. The van der Waals surface area contributed by atoms with Crippen LogP contribution in [0.25, 0.3) is 10.8 Å². The molecule has 3 aromatic carbocycles. The Bertz CT molecular complexity index is 954. The van der Waals surface area contributed by atoms with Gasteiger partial charge in [0.15, 0.2) is 0 Å². The van der Waals surface area contributed by atoms with Crippen LogP contribution in [0.5, 0.6) is 0 Å². The zero-order valence-electron chi connectivity index (χ0n) is 12.6. The predicted molar refractivity (Wildman–Crippen MR) is 94.1 cm³/mol. The van der Waals surface area contributed by atoms with Crippen molar-refractivity contribution in [1.29, 1.82) is 0 Å². The molecule has 0 spiro atoms. The zero-order valence-corrected chi connectivity index (χ0v) is 14.2. The lowest BCUT2D eigenvalue weighted by Crippen LogP contribution is -2.26. The van der Waals surface area contributed by atoms with E-state index in [0.29, 0.717) is 5.02 Å². The molecule has 0 saturated heterocycles. The van der Waals surface area contributed by atoms with Crippen molar-refractivity contribution in [2.24, 2.45) is 0 Å². The molecule has 0 aromatic heterocycles. The lowest BCUT2D eigenvalue weighted by atomic mass is 10.1. The third kappa shape index (κ3) is 3.24. The highest BCUT2D eigenvalue weighted by molar-refractivity contribution is 7.89. The molecular weight excluding hydrogens is 330 g/mol. The largest absolute Gasteiger partial charge is 0.243 e. The van der Waals surface area contributed by atoms with Crippen molar-refractivity contribution in [2.45, 2.75) is 11.4 Å². The van der Waals surface area contributed by atoms with Gasteiger partial charge >= 0.3 is 0 Å². The normalized spacial score (nSPS) is 12.0. The van der Waals surface area contributed by atoms with E-state index in [1.165, 1.54) is 4.31 Å². The van der Waals surface area contributed by atoms with Gasteiger partial charge in [0.25, 0.3) is 0 Å². The summed E-state index contributed by atoms with van der Waals surface area (Å²) < 4.78 is 26.9. The number of fused-ring (bicyclic) bond motifs is 1. The fraction of sp³-hybridized carbons (Fsp3) is 0.111. The fourth-order valence-corrected chi connectivity index (χ4v) is 3.84. The summed E-state index contributed by atoms with van der Waals surface area (Å²) in [5, 5.41) is 2.48. The molecule has 3 aromatic rings. The van der Waals surface area contributed by atoms with E-state index >= 15 is 0 Å². The molecule has 3 nitrogen and oxygen atoms in total. The number of nitrogens with zero attached hydrogens (tertiary/aromatic N) is 1. The Hall–Kier alpha value is -1.88. The second-order valence-corrected chi connectivity index (χ2v) is 7.81. The van der Waals surface area contributed by atoms with Crippen LogP contribution in [0.3, 0.4) is 0 Å². The Balaban J connectivity index is 1.94. The molecule has 118 valence electrons. The Kier molecular flexibility index (Phi) is 4.39. The van der Waals surface area contributed by atoms with Gasteiger partial charge in [-0.05, 0) is 34.5 Å². The summed E-state index contributed by atoms with van der Waals surface area (Å²) in [4.78, 5) is 0.283. The summed E-state index contributed by atoms with van der Waals surface area (Å²) in [6, 6.07) is 20.1. The summed E-state index contributed by atoms with van der Waals surface area (Å²) >= 11 is 6.12. The maximum absolute atomic E-state index is 12.8. The molecule has 0 bridgehead atoms. The van der Waals surface area contributed by atoms with E-state index in [9.17, 15) is 8.42 Å². The summed E-state index contributed by atoms with van der Waals surface area (Å²) in [5.74, 6) is 0. The van der Waals surface area contributed by atoms with Gasteiger partial charge in [-0.15, -0.1) is 0 Å². The van der Waals surface area contributed by atoms with Crippen LogP contribution in [0.2, 0.25) is 5.02 Å². The minimum Gasteiger partial charge on any atom is -0.207 e. The van der Waals surface area contributed by atoms with E-state index < -0.39 is 10.0 Å². The lowest BCUT2D eigenvalue weighted by molar-refractivity contribution is 0.467. The third-order valence-electron chi connectivity index (χ3n) is 3.78. The number of benzene rings is 3. The smallest absolute Gasteiger partial charge is 0.207 e. The van der Waals surface area contributed by atoms with E-state index in [0.717, 1.165) is 16.3 Å². The first-order valence-corrected chi connectivity index (χ1v) is 8.99. The monoisotopic (exact) mass is 345 g/mol. The topological polar surface area (TPSA) is 37.4 Å². The van der Waals surface area contributed by atoms with Crippen molar-refractivity contribution >= 4 is 32.4 Å². The molecule has 0 aliphatic heterocycles. The second kappa shape index (κ2) is 6.32. The second-order valence-electron chi connectivity index (χ2n) is 5.36. The van der Waals surface area contributed by atoms with Crippen molar-refractivity contribution in [3.8, 4) is 0 Å². The molecule has 0 fully saturated rings. The summed E-state index contributed by atoms with van der Waals surface area (Å²) in [6.07, 6.45) is 0. The van der Waals surface area contributed by atoms with Gasteiger partial charge in [-0.3, -0.25) is 0 Å². The molecule has 0 heterocycles. The SMILES string of the molecule is CN(Cc1ccccc1Cl)S(=O)(=O)c1ccc2ccccc2c1. The van der Waals surface area contributed by atoms with E-state index in [4.69, 9.17) is 11.6 Å². The van der Waals surface area contributed by atoms with Crippen LogP contribution < -0.4 is 0 Å². The molecule has 0 N–H and O–H groups in total. The highest BCUT2D eigenvalue weighted by Crippen LogP contribution is 2.24. The van der Waals surface area contributed by atoms with E-state index in [1.54, 1.807) is 25.2 Å². The van der Waals surface area contributed by atoms with Crippen molar-refractivity contribution in [3.63, 3.8) is 0 Å². The minimum atomic E-state index is -3.57.